The summed E-state index contributed by atoms with van der Waals surface area (Å²) in [5, 5.41) is 8.67. The summed E-state index contributed by atoms with van der Waals surface area (Å²) < 4.78 is 42.7. The van der Waals surface area contributed by atoms with Gasteiger partial charge < -0.3 is 9.47 Å². The predicted octanol–water partition coefficient (Wildman–Crippen LogP) is 2.66. The number of aryl methyl sites for hydroxylation is 4. The van der Waals surface area contributed by atoms with Crippen LogP contribution in [-0.2, 0) is 36.7 Å². The number of hydrogen-bond donors (Lipinski definition) is 0. The number of hydrogen-bond acceptors (Lipinski definition) is 6. The van der Waals surface area contributed by atoms with Gasteiger partial charge in [0.25, 0.3) is 0 Å². The number of nitrogens with zero attached hydrogens (tertiary/aromatic N) is 5. The lowest BCUT2D eigenvalue weighted by atomic mass is 10.2. The molecule has 0 saturated carbocycles. The van der Waals surface area contributed by atoms with E-state index < -0.39 is 10.0 Å². The van der Waals surface area contributed by atoms with E-state index in [2.05, 4.69) is 10.2 Å². The highest BCUT2D eigenvalue weighted by atomic mass is 32.2. The number of sulfonamides is 1. The minimum atomic E-state index is -3.82. The first-order valence-electron chi connectivity index (χ1n) is 9.93. The Morgan fingerprint density at radius 1 is 1.00 bits per heavy atom. The van der Waals surface area contributed by atoms with E-state index in [1.165, 1.54) is 15.2 Å². The molecule has 0 saturated heterocycles. The summed E-state index contributed by atoms with van der Waals surface area (Å²) in [6, 6.07) is 5.40. The normalized spacial score (nSPS) is 11.8. The van der Waals surface area contributed by atoms with Gasteiger partial charge in [-0.05, 0) is 38.5 Å². The molecule has 0 aliphatic rings. The Balaban J connectivity index is 2.03. The van der Waals surface area contributed by atoms with Gasteiger partial charge in [0.15, 0.2) is 11.5 Å². The molecule has 0 N–H and O–H groups in total. The van der Waals surface area contributed by atoms with Gasteiger partial charge in [0.1, 0.15) is 4.90 Å². The van der Waals surface area contributed by atoms with Gasteiger partial charge in [-0.15, -0.1) is 0 Å². The van der Waals surface area contributed by atoms with Crippen LogP contribution in [0.3, 0.4) is 0 Å². The number of rotatable bonds is 9. The van der Waals surface area contributed by atoms with Gasteiger partial charge in [-0.2, -0.15) is 14.5 Å². The Morgan fingerprint density at radius 3 is 2.26 bits per heavy atom. The molecule has 2 heterocycles. The average molecular weight is 448 g/mol. The van der Waals surface area contributed by atoms with Crippen LogP contribution in [0.4, 0.5) is 0 Å². The number of methoxy groups -OCH3 is 2. The molecule has 0 fully saturated rings. The molecule has 0 bridgehead atoms. The summed E-state index contributed by atoms with van der Waals surface area (Å²) in [6.45, 7) is 6.64. The van der Waals surface area contributed by atoms with Gasteiger partial charge in [-0.25, -0.2) is 8.42 Å². The van der Waals surface area contributed by atoms with Crippen LogP contribution in [0.25, 0.3) is 0 Å². The standard InChI is InChI=1S/C21H29N5O4S/c1-7-25-12-18(15(2)23-25)13-26(31(27,28)21-14-24(4)22-16(21)3)11-17-8-9-19(29-5)20(10-17)30-6/h8-10,12,14H,7,11,13H2,1-6H3. The molecular weight excluding hydrogens is 418 g/mol. The molecule has 3 aromatic rings. The van der Waals surface area contributed by atoms with Gasteiger partial charge in [-0.3, -0.25) is 9.36 Å². The van der Waals surface area contributed by atoms with Gasteiger partial charge in [0.05, 0.1) is 25.6 Å². The zero-order chi connectivity index (χ0) is 22.8. The molecule has 0 aliphatic heterocycles. The second-order valence-electron chi connectivity index (χ2n) is 7.31. The van der Waals surface area contributed by atoms with Gasteiger partial charge >= 0.3 is 0 Å². The Kier molecular flexibility index (Phi) is 6.71. The van der Waals surface area contributed by atoms with Crippen molar-refractivity contribution in [3.63, 3.8) is 0 Å². The second-order valence-corrected chi connectivity index (χ2v) is 9.22. The first kappa shape index (κ1) is 22.8. The van der Waals surface area contributed by atoms with Crippen molar-refractivity contribution >= 4 is 10.0 Å². The maximum atomic E-state index is 13.6. The highest BCUT2D eigenvalue weighted by molar-refractivity contribution is 7.89. The highest BCUT2D eigenvalue weighted by Crippen LogP contribution is 2.30. The van der Waals surface area contributed by atoms with Crippen molar-refractivity contribution in [2.75, 3.05) is 14.2 Å². The van der Waals surface area contributed by atoms with E-state index >= 15 is 0 Å². The van der Waals surface area contributed by atoms with Crippen molar-refractivity contribution in [1.29, 1.82) is 0 Å². The molecule has 0 aliphatic carbocycles. The van der Waals surface area contributed by atoms with E-state index in [9.17, 15) is 8.42 Å². The van der Waals surface area contributed by atoms with Crippen LogP contribution in [0, 0.1) is 13.8 Å². The quantitative estimate of drug-likeness (QED) is 0.501. The third-order valence-electron chi connectivity index (χ3n) is 5.11. The molecule has 0 atom stereocenters. The fourth-order valence-corrected chi connectivity index (χ4v) is 5.05. The van der Waals surface area contributed by atoms with Crippen LogP contribution >= 0.6 is 0 Å². The van der Waals surface area contributed by atoms with Crippen LogP contribution in [-0.4, -0.2) is 46.5 Å². The van der Waals surface area contributed by atoms with Gasteiger partial charge in [0, 0.05) is 44.6 Å². The third kappa shape index (κ3) is 4.75. The molecule has 9 nitrogen and oxygen atoms in total. The Labute approximate surface area is 183 Å². The van der Waals surface area contributed by atoms with Crippen LogP contribution in [0.2, 0.25) is 0 Å². The average Bonchev–Trinajstić information content (AvgIpc) is 3.28. The summed E-state index contributed by atoms with van der Waals surface area (Å²) in [5.74, 6) is 1.13. The zero-order valence-electron chi connectivity index (χ0n) is 18.8. The summed E-state index contributed by atoms with van der Waals surface area (Å²) in [4.78, 5) is 0.191. The number of benzene rings is 1. The largest absolute Gasteiger partial charge is 0.493 e. The molecule has 0 unspecified atom stereocenters. The lowest BCUT2D eigenvalue weighted by Gasteiger charge is -2.22. The third-order valence-corrected chi connectivity index (χ3v) is 7.01. The fourth-order valence-electron chi connectivity index (χ4n) is 3.44. The van der Waals surface area contributed by atoms with Crippen LogP contribution in [0.15, 0.2) is 35.5 Å². The van der Waals surface area contributed by atoms with Gasteiger partial charge in [-0.1, -0.05) is 6.07 Å². The molecule has 31 heavy (non-hydrogen) atoms. The second kappa shape index (κ2) is 9.11. The molecule has 0 radical (unpaired) electrons. The number of aromatic nitrogens is 4. The van der Waals surface area contributed by atoms with Gasteiger partial charge in [0.2, 0.25) is 10.0 Å². The van der Waals surface area contributed by atoms with Crippen molar-refractivity contribution in [2.24, 2.45) is 7.05 Å². The smallest absolute Gasteiger partial charge is 0.247 e. The molecule has 0 spiro atoms. The molecule has 10 heteroatoms. The monoisotopic (exact) mass is 447 g/mol. The predicted molar refractivity (Wildman–Crippen MR) is 117 cm³/mol. The van der Waals surface area contributed by atoms with Crippen LogP contribution in [0.1, 0.15) is 29.4 Å². The summed E-state index contributed by atoms with van der Waals surface area (Å²) in [6.07, 6.45) is 3.43. The van der Waals surface area contributed by atoms with Crippen molar-refractivity contribution < 1.29 is 17.9 Å². The van der Waals surface area contributed by atoms with Crippen LogP contribution < -0.4 is 9.47 Å². The van der Waals surface area contributed by atoms with Crippen molar-refractivity contribution in [3.8, 4) is 11.5 Å². The maximum Gasteiger partial charge on any atom is 0.247 e. The van der Waals surface area contributed by atoms with Crippen molar-refractivity contribution in [3.05, 3.63) is 53.1 Å². The molecule has 2 aromatic heterocycles. The van der Waals surface area contributed by atoms with E-state index in [0.29, 0.717) is 23.7 Å². The van der Waals surface area contributed by atoms with E-state index in [1.54, 1.807) is 45.0 Å². The Hall–Kier alpha value is -2.85. The number of ether oxygens (including phenoxy) is 2. The van der Waals surface area contributed by atoms with E-state index in [4.69, 9.17) is 9.47 Å². The maximum absolute atomic E-state index is 13.6. The summed E-state index contributed by atoms with van der Waals surface area (Å²) >= 11 is 0. The Morgan fingerprint density at radius 2 is 1.71 bits per heavy atom. The molecule has 0 amide bonds. The van der Waals surface area contributed by atoms with E-state index in [-0.39, 0.29) is 18.0 Å². The summed E-state index contributed by atoms with van der Waals surface area (Å²) in [5.41, 5.74) is 2.90. The van der Waals surface area contributed by atoms with Crippen LogP contribution in [0.5, 0.6) is 11.5 Å². The lowest BCUT2D eigenvalue weighted by molar-refractivity contribution is 0.352. The highest BCUT2D eigenvalue weighted by Gasteiger charge is 2.29. The van der Waals surface area contributed by atoms with E-state index in [1.807, 2.05) is 26.1 Å². The minimum absolute atomic E-state index is 0.160. The molecule has 1 aromatic carbocycles. The van der Waals surface area contributed by atoms with E-state index in [0.717, 1.165) is 16.8 Å². The van der Waals surface area contributed by atoms with Crippen molar-refractivity contribution in [2.45, 2.75) is 45.3 Å². The summed E-state index contributed by atoms with van der Waals surface area (Å²) in [7, 11) is 1.01. The molecular formula is C21H29N5O4S. The minimum Gasteiger partial charge on any atom is -0.493 e. The topological polar surface area (TPSA) is 91.5 Å². The Bertz CT molecular complexity index is 1170. The lowest BCUT2D eigenvalue weighted by Crippen LogP contribution is -2.30. The fraction of sp³-hybridized carbons (Fsp3) is 0.429. The molecule has 3 rings (SSSR count). The first-order chi connectivity index (χ1) is 14.7. The molecule has 168 valence electrons. The SMILES string of the molecule is CCn1cc(CN(Cc2ccc(OC)c(OC)c2)S(=O)(=O)c2cn(C)nc2C)c(C)n1. The first-order valence-corrected chi connectivity index (χ1v) is 11.4. The van der Waals surface area contributed by atoms with Crippen molar-refractivity contribution in [1.82, 2.24) is 23.9 Å². The zero-order valence-corrected chi connectivity index (χ0v) is 19.6.